The topological polar surface area (TPSA) is 126 Å². The molecule has 3 atom stereocenters. The van der Waals surface area contributed by atoms with E-state index in [1.54, 1.807) is 23.6 Å². The number of aliphatic hydroxyl groups excluding tert-OH is 1. The molecule has 2 saturated heterocycles. The van der Waals surface area contributed by atoms with Gasteiger partial charge in [-0.2, -0.15) is 5.10 Å². The van der Waals surface area contributed by atoms with Crippen LogP contribution in [0.1, 0.15) is 45.2 Å². The van der Waals surface area contributed by atoms with Gasteiger partial charge in [-0.25, -0.2) is 22.5 Å². The van der Waals surface area contributed by atoms with Gasteiger partial charge in [0, 0.05) is 86.6 Å². The number of halogens is 5. The van der Waals surface area contributed by atoms with E-state index in [0.717, 1.165) is 0 Å². The van der Waals surface area contributed by atoms with E-state index >= 15 is 8.78 Å². The second kappa shape index (κ2) is 14.0. The Morgan fingerprint density at radius 3 is 2.27 bits per heavy atom. The number of nitrogens with zero attached hydrogens (tertiary/aromatic N) is 7. The molecule has 2 aromatic carbocycles. The number of likely N-dealkylation sites (tertiary alicyclic amines) is 1. The SMILES string of the molecule is Cc1nn(CC2CC2(F)F)c(C)c1-c1ccc(-c2cnc(C(=O)Nc3ccc(C(=O)N4CCN(C(=O)C5C[C@@H](O)C[N+]5(C)C)CC4)c(Cl)c3)n2C)c(F)c1F. The summed E-state index contributed by atoms with van der Waals surface area (Å²) in [6.07, 6.45) is 0.891. The van der Waals surface area contributed by atoms with Crippen LogP contribution in [-0.2, 0) is 18.4 Å². The third-order valence-electron chi connectivity index (χ3n) is 11.2. The number of rotatable bonds is 8. The number of hydrogen-bond donors (Lipinski definition) is 2. The first-order chi connectivity index (χ1) is 25.9. The van der Waals surface area contributed by atoms with E-state index in [1.807, 2.05) is 14.1 Å². The van der Waals surface area contributed by atoms with Crippen LogP contribution in [0.4, 0.5) is 23.2 Å². The van der Waals surface area contributed by atoms with Crippen molar-refractivity contribution in [2.75, 3.05) is 52.1 Å². The maximum atomic E-state index is 15.7. The van der Waals surface area contributed by atoms with E-state index in [2.05, 4.69) is 15.4 Å². The Bertz CT molecular complexity index is 2210. The van der Waals surface area contributed by atoms with Gasteiger partial charge in [-0.15, -0.1) is 0 Å². The number of piperazine rings is 1. The zero-order valence-corrected chi connectivity index (χ0v) is 31.8. The lowest BCUT2D eigenvalue weighted by atomic mass is 10.00. The fraction of sp³-hybridized carbons (Fsp3) is 0.447. The van der Waals surface area contributed by atoms with Crippen molar-refractivity contribution in [3.63, 3.8) is 0 Å². The van der Waals surface area contributed by atoms with Gasteiger partial charge in [0.05, 0.1) is 42.3 Å². The largest absolute Gasteiger partial charge is 0.387 e. The molecule has 1 saturated carbocycles. The quantitative estimate of drug-likeness (QED) is 0.194. The number of alkyl halides is 2. The number of amides is 3. The number of aromatic nitrogens is 4. The van der Waals surface area contributed by atoms with E-state index in [1.165, 1.54) is 52.8 Å². The van der Waals surface area contributed by atoms with Gasteiger partial charge in [0.1, 0.15) is 12.6 Å². The predicted molar refractivity (Wildman–Crippen MR) is 196 cm³/mol. The Kier molecular flexibility index (Phi) is 9.83. The molecule has 1 aliphatic carbocycles. The highest BCUT2D eigenvalue weighted by atomic mass is 35.5. The summed E-state index contributed by atoms with van der Waals surface area (Å²) in [7, 11) is 5.34. The highest BCUT2D eigenvalue weighted by molar-refractivity contribution is 6.34. The molecule has 0 bridgehead atoms. The second-order valence-electron chi connectivity index (χ2n) is 15.3. The van der Waals surface area contributed by atoms with Crippen LogP contribution < -0.4 is 5.32 Å². The fourth-order valence-corrected chi connectivity index (χ4v) is 8.17. The van der Waals surface area contributed by atoms with Gasteiger partial charge < -0.3 is 29.3 Å². The van der Waals surface area contributed by atoms with Crippen molar-refractivity contribution >= 4 is 35.0 Å². The van der Waals surface area contributed by atoms with E-state index in [0.29, 0.717) is 60.6 Å². The first kappa shape index (κ1) is 38.5. The molecule has 2 aliphatic heterocycles. The zero-order chi connectivity index (χ0) is 39.7. The van der Waals surface area contributed by atoms with Gasteiger partial charge >= 0.3 is 0 Å². The monoisotopic (exact) mass is 785 g/mol. The molecule has 0 radical (unpaired) electrons. The molecule has 12 nitrogen and oxygen atoms in total. The first-order valence-corrected chi connectivity index (χ1v) is 18.4. The van der Waals surface area contributed by atoms with Crippen LogP contribution >= 0.6 is 11.6 Å². The lowest BCUT2D eigenvalue weighted by Crippen LogP contribution is -2.58. The molecule has 2 aromatic heterocycles. The molecule has 3 aliphatic rings. The summed E-state index contributed by atoms with van der Waals surface area (Å²) in [6.45, 7) is 5.05. The number of hydrogen-bond acceptors (Lipinski definition) is 6. The Hall–Kier alpha value is -4.80. The van der Waals surface area contributed by atoms with Crippen LogP contribution in [0.3, 0.4) is 0 Å². The Labute approximate surface area is 319 Å². The number of likely N-dealkylation sites (N-methyl/N-ethyl adjacent to an activating group) is 1. The molecular formula is C38H42ClF4N8O4+. The van der Waals surface area contributed by atoms with Gasteiger partial charge in [0.25, 0.3) is 23.6 Å². The van der Waals surface area contributed by atoms with Crippen molar-refractivity contribution in [2.24, 2.45) is 13.0 Å². The lowest BCUT2D eigenvalue weighted by Gasteiger charge is -2.38. The lowest BCUT2D eigenvalue weighted by molar-refractivity contribution is -0.894. The van der Waals surface area contributed by atoms with E-state index in [9.17, 15) is 28.3 Å². The molecule has 4 aromatic rings. The number of carbonyl (C=O) groups excluding carboxylic acids is 3. The standard InChI is InChI=1S/C38H41ClF4N8O4/c1-20-31(21(2)50(46-20)18-22-16-38(22,42)43)27-9-8-26(32(40)33(27)41)29-17-44-34(47(29)3)35(53)45-23-6-7-25(28(39)14-23)36(54)48-10-12-49(13-11-48)37(55)30-15-24(52)19-51(30,4)5/h6-9,14,17,22,24,30,52H,10-13,15-16,18-19H2,1-5H3/p+1/t22?,24-,30?/m1/s1. The molecule has 4 heterocycles. The zero-order valence-electron chi connectivity index (χ0n) is 31.0. The van der Waals surface area contributed by atoms with Crippen molar-refractivity contribution < 1.29 is 41.5 Å². The Balaban J connectivity index is 1.00. The molecule has 55 heavy (non-hydrogen) atoms. The Morgan fingerprint density at radius 2 is 1.65 bits per heavy atom. The number of aliphatic hydroxyl groups is 1. The summed E-state index contributed by atoms with van der Waals surface area (Å²) >= 11 is 6.52. The normalized spacial score (nSPS) is 21.5. The van der Waals surface area contributed by atoms with Crippen LogP contribution in [-0.4, -0.2) is 121 Å². The molecule has 3 amide bonds. The number of carbonyl (C=O) groups is 3. The summed E-state index contributed by atoms with van der Waals surface area (Å²) in [4.78, 5) is 47.4. The van der Waals surface area contributed by atoms with Gasteiger partial charge in [0.15, 0.2) is 23.5 Å². The average Bonchev–Trinajstić information content (AvgIpc) is 3.33. The average molecular weight is 786 g/mol. The van der Waals surface area contributed by atoms with Crippen LogP contribution in [0, 0.1) is 31.4 Å². The Morgan fingerprint density at radius 1 is 1.02 bits per heavy atom. The number of quaternary nitrogens is 1. The molecule has 17 heteroatoms. The molecule has 7 rings (SSSR count). The minimum atomic E-state index is -2.75. The van der Waals surface area contributed by atoms with E-state index in [4.69, 9.17) is 11.6 Å². The number of anilines is 1. The molecule has 292 valence electrons. The third kappa shape index (κ3) is 7.11. The van der Waals surface area contributed by atoms with Gasteiger partial charge in [0.2, 0.25) is 0 Å². The number of nitrogens with one attached hydrogen (secondary N) is 1. The van der Waals surface area contributed by atoms with E-state index in [-0.39, 0.29) is 69.7 Å². The predicted octanol–water partition coefficient (Wildman–Crippen LogP) is 4.90. The summed E-state index contributed by atoms with van der Waals surface area (Å²) in [5.74, 6) is -7.05. The van der Waals surface area contributed by atoms with Gasteiger partial charge in [-0.1, -0.05) is 17.7 Å². The van der Waals surface area contributed by atoms with Gasteiger partial charge in [-0.3, -0.25) is 19.1 Å². The van der Waals surface area contributed by atoms with Crippen molar-refractivity contribution in [3.05, 3.63) is 76.0 Å². The minimum Gasteiger partial charge on any atom is -0.387 e. The van der Waals surface area contributed by atoms with Crippen LogP contribution in [0.25, 0.3) is 22.4 Å². The van der Waals surface area contributed by atoms with Crippen molar-refractivity contribution in [3.8, 4) is 22.4 Å². The minimum absolute atomic E-state index is 0.0232. The highest BCUT2D eigenvalue weighted by Gasteiger charge is 2.57. The van der Waals surface area contributed by atoms with Crippen LogP contribution in [0.15, 0.2) is 36.5 Å². The van der Waals surface area contributed by atoms with Crippen LogP contribution in [0.5, 0.6) is 0 Å². The first-order valence-electron chi connectivity index (χ1n) is 18.0. The van der Waals surface area contributed by atoms with Crippen molar-refractivity contribution in [1.29, 1.82) is 0 Å². The molecule has 0 spiro atoms. The fourth-order valence-electron chi connectivity index (χ4n) is 7.90. The molecular weight excluding hydrogens is 744 g/mol. The number of aryl methyl sites for hydroxylation is 1. The van der Waals surface area contributed by atoms with Crippen molar-refractivity contribution in [2.45, 2.75) is 51.3 Å². The maximum absolute atomic E-state index is 15.7. The van der Waals surface area contributed by atoms with Crippen LogP contribution in [0.2, 0.25) is 5.02 Å². The highest BCUT2D eigenvalue weighted by Crippen LogP contribution is 2.50. The summed E-state index contributed by atoms with van der Waals surface area (Å²) in [5, 5.41) is 17.2. The number of benzene rings is 2. The molecule has 2 N–H and O–H groups in total. The smallest absolute Gasteiger partial charge is 0.291 e. The number of imidazole rings is 1. The van der Waals surface area contributed by atoms with E-state index < -0.39 is 35.5 Å². The molecule has 2 unspecified atom stereocenters. The summed E-state index contributed by atoms with van der Waals surface area (Å²) < 4.78 is 61.6. The third-order valence-corrected chi connectivity index (χ3v) is 11.5. The van der Waals surface area contributed by atoms with Gasteiger partial charge in [-0.05, 0) is 38.1 Å². The maximum Gasteiger partial charge on any atom is 0.291 e. The summed E-state index contributed by atoms with van der Waals surface area (Å²) in [6, 6.07) is 6.86. The van der Waals surface area contributed by atoms with Crippen molar-refractivity contribution in [1.82, 2.24) is 29.1 Å². The summed E-state index contributed by atoms with van der Waals surface area (Å²) in [5.41, 5.74) is 1.54. The molecule has 3 fully saturated rings. The second-order valence-corrected chi connectivity index (χ2v) is 15.7.